The van der Waals surface area contributed by atoms with Crippen LogP contribution in [0.1, 0.15) is 29.6 Å². The minimum Gasteiger partial charge on any atom is -0.311 e. The van der Waals surface area contributed by atoms with Crippen LogP contribution in [0.5, 0.6) is 0 Å². The number of nitrogens with one attached hydrogen (secondary N) is 1. The Morgan fingerprint density at radius 1 is 1.39 bits per heavy atom. The normalized spacial score (nSPS) is 10.8. The van der Waals surface area contributed by atoms with Crippen molar-refractivity contribution in [3.05, 3.63) is 50.4 Å². The highest BCUT2D eigenvalue weighted by Gasteiger charge is 2.03. The fourth-order valence-electron chi connectivity index (χ4n) is 1.73. The Balaban J connectivity index is 1.94. The van der Waals surface area contributed by atoms with Crippen molar-refractivity contribution < 1.29 is 0 Å². The summed E-state index contributed by atoms with van der Waals surface area (Å²) in [4.78, 5) is 4.65. The van der Waals surface area contributed by atoms with Crippen molar-refractivity contribution in [3.63, 3.8) is 0 Å². The van der Waals surface area contributed by atoms with Crippen LogP contribution in [-0.4, -0.2) is 11.5 Å². The molecule has 0 unspecified atom stereocenters. The van der Waals surface area contributed by atoms with E-state index in [0.29, 0.717) is 0 Å². The molecule has 0 fully saturated rings. The van der Waals surface area contributed by atoms with E-state index in [9.17, 15) is 0 Å². The van der Waals surface area contributed by atoms with Gasteiger partial charge in [0.25, 0.3) is 0 Å². The van der Waals surface area contributed by atoms with Crippen molar-refractivity contribution in [2.75, 3.05) is 6.54 Å². The summed E-state index contributed by atoms with van der Waals surface area (Å²) in [5, 5.41) is 6.70. The second-order valence-electron chi connectivity index (χ2n) is 4.22. The summed E-state index contributed by atoms with van der Waals surface area (Å²) < 4.78 is 1.13. The zero-order valence-corrected chi connectivity index (χ0v) is 12.9. The Labute approximate surface area is 121 Å². The molecule has 0 amide bonds. The molecule has 0 saturated heterocycles. The Morgan fingerprint density at radius 3 is 3.06 bits per heavy atom. The van der Waals surface area contributed by atoms with E-state index >= 15 is 0 Å². The van der Waals surface area contributed by atoms with Crippen molar-refractivity contribution in [2.45, 2.75) is 26.3 Å². The number of nitrogens with zero attached hydrogens (tertiary/aromatic N) is 1. The first-order valence-electron chi connectivity index (χ1n) is 6.16. The lowest BCUT2D eigenvalue weighted by Crippen LogP contribution is -2.13. The molecular formula is C14H17BrN2S. The SMILES string of the molecule is CCCNCc1csc(Cc2cccc(Br)c2)n1. The Bertz CT molecular complexity index is 496. The maximum absolute atomic E-state index is 4.65. The van der Waals surface area contributed by atoms with Crippen LogP contribution in [0.3, 0.4) is 0 Å². The van der Waals surface area contributed by atoms with E-state index in [1.165, 1.54) is 10.6 Å². The van der Waals surface area contributed by atoms with Crippen molar-refractivity contribution in [2.24, 2.45) is 0 Å². The van der Waals surface area contributed by atoms with Gasteiger partial charge in [0.05, 0.1) is 10.7 Å². The summed E-state index contributed by atoms with van der Waals surface area (Å²) in [6.45, 7) is 4.11. The van der Waals surface area contributed by atoms with Crippen LogP contribution in [0.2, 0.25) is 0 Å². The van der Waals surface area contributed by atoms with Gasteiger partial charge >= 0.3 is 0 Å². The van der Waals surface area contributed by atoms with Crippen LogP contribution in [0.4, 0.5) is 0 Å². The van der Waals surface area contributed by atoms with Crippen LogP contribution in [0, 0.1) is 0 Å². The number of benzene rings is 1. The average Bonchev–Trinajstić information content (AvgIpc) is 2.77. The Hall–Kier alpha value is -0.710. The molecule has 1 aromatic heterocycles. The number of halogens is 1. The Kier molecular flexibility index (Phi) is 5.35. The standard InChI is InChI=1S/C14H17BrN2S/c1-2-6-16-9-13-10-18-14(17-13)8-11-4-3-5-12(15)7-11/h3-5,7,10,16H,2,6,8-9H2,1H3. The van der Waals surface area contributed by atoms with E-state index in [1.807, 2.05) is 6.07 Å². The van der Waals surface area contributed by atoms with Gasteiger partial charge in [0.2, 0.25) is 0 Å². The predicted molar refractivity (Wildman–Crippen MR) is 81.1 cm³/mol. The van der Waals surface area contributed by atoms with Crippen molar-refractivity contribution in [1.82, 2.24) is 10.3 Å². The van der Waals surface area contributed by atoms with E-state index in [2.05, 4.69) is 56.7 Å². The molecular weight excluding hydrogens is 308 g/mol. The molecule has 2 aromatic rings. The van der Waals surface area contributed by atoms with E-state index in [4.69, 9.17) is 0 Å². The van der Waals surface area contributed by atoms with Crippen molar-refractivity contribution >= 4 is 27.3 Å². The van der Waals surface area contributed by atoms with Crippen LogP contribution in [0.25, 0.3) is 0 Å². The third kappa shape index (κ3) is 4.19. The van der Waals surface area contributed by atoms with Gasteiger partial charge in [0.1, 0.15) is 0 Å². The molecule has 1 N–H and O–H groups in total. The van der Waals surface area contributed by atoms with Gasteiger partial charge in [0.15, 0.2) is 0 Å². The molecule has 2 nitrogen and oxygen atoms in total. The number of rotatable bonds is 6. The molecule has 0 aliphatic rings. The molecule has 1 aromatic carbocycles. The highest BCUT2D eigenvalue weighted by atomic mass is 79.9. The van der Waals surface area contributed by atoms with E-state index in [0.717, 1.165) is 36.1 Å². The third-order valence-electron chi connectivity index (χ3n) is 2.58. The quantitative estimate of drug-likeness (QED) is 0.812. The molecule has 0 bridgehead atoms. The van der Waals surface area contributed by atoms with Gasteiger partial charge in [-0.3, -0.25) is 0 Å². The lowest BCUT2D eigenvalue weighted by Gasteiger charge is -1.99. The first kappa shape index (κ1) is 13.7. The molecule has 0 radical (unpaired) electrons. The fraction of sp³-hybridized carbons (Fsp3) is 0.357. The van der Waals surface area contributed by atoms with Crippen LogP contribution in [-0.2, 0) is 13.0 Å². The highest BCUT2D eigenvalue weighted by Crippen LogP contribution is 2.18. The number of aromatic nitrogens is 1. The monoisotopic (exact) mass is 324 g/mol. The summed E-state index contributed by atoms with van der Waals surface area (Å²) in [5.41, 5.74) is 2.45. The van der Waals surface area contributed by atoms with E-state index in [-0.39, 0.29) is 0 Å². The first-order chi connectivity index (χ1) is 8.78. The maximum atomic E-state index is 4.65. The van der Waals surface area contributed by atoms with E-state index in [1.54, 1.807) is 11.3 Å². The summed E-state index contributed by atoms with van der Waals surface area (Å²) >= 11 is 5.24. The van der Waals surface area contributed by atoms with Gasteiger partial charge in [0, 0.05) is 22.8 Å². The van der Waals surface area contributed by atoms with Crippen LogP contribution < -0.4 is 5.32 Å². The number of hydrogen-bond donors (Lipinski definition) is 1. The topological polar surface area (TPSA) is 24.9 Å². The number of hydrogen-bond acceptors (Lipinski definition) is 3. The summed E-state index contributed by atoms with van der Waals surface area (Å²) in [6.07, 6.45) is 2.08. The van der Waals surface area contributed by atoms with Gasteiger partial charge in [-0.1, -0.05) is 35.0 Å². The molecule has 0 aliphatic carbocycles. The van der Waals surface area contributed by atoms with Gasteiger partial charge in [-0.2, -0.15) is 0 Å². The molecule has 0 atom stereocenters. The average molecular weight is 325 g/mol. The molecule has 0 spiro atoms. The minimum absolute atomic E-state index is 0.878. The lowest BCUT2D eigenvalue weighted by atomic mass is 10.2. The largest absolute Gasteiger partial charge is 0.311 e. The van der Waals surface area contributed by atoms with Crippen LogP contribution >= 0.6 is 27.3 Å². The smallest absolute Gasteiger partial charge is 0.0972 e. The molecule has 0 aliphatic heterocycles. The fourth-order valence-corrected chi connectivity index (χ4v) is 3.00. The van der Waals surface area contributed by atoms with Gasteiger partial charge in [-0.15, -0.1) is 11.3 Å². The lowest BCUT2D eigenvalue weighted by molar-refractivity contribution is 0.665. The first-order valence-corrected chi connectivity index (χ1v) is 7.83. The zero-order valence-electron chi connectivity index (χ0n) is 10.4. The molecule has 96 valence electrons. The summed E-state index contributed by atoms with van der Waals surface area (Å²) in [6, 6.07) is 8.40. The van der Waals surface area contributed by atoms with Crippen LogP contribution in [0.15, 0.2) is 34.1 Å². The second-order valence-corrected chi connectivity index (χ2v) is 6.07. The maximum Gasteiger partial charge on any atom is 0.0972 e. The van der Waals surface area contributed by atoms with Gasteiger partial charge in [-0.25, -0.2) is 4.98 Å². The van der Waals surface area contributed by atoms with Crippen molar-refractivity contribution in [3.8, 4) is 0 Å². The molecule has 18 heavy (non-hydrogen) atoms. The molecule has 1 heterocycles. The number of thiazole rings is 1. The summed E-state index contributed by atoms with van der Waals surface area (Å²) in [7, 11) is 0. The predicted octanol–water partition coefficient (Wildman–Crippen LogP) is 4.00. The van der Waals surface area contributed by atoms with E-state index < -0.39 is 0 Å². The zero-order chi connectivity index (χ0) is 12.8. The Morgan fingerprint density at radius 2 is 2.28 bits per heavy atom. The molecule has 0 saturated carbocycles. The molecule has 4 heteroatoms. The third-order valence-corrected chi connectivity index (χ3v) is 3.97. The molecule has 2 rings (SSSR count). The van der Waals surface area contributed by atoms with Gasteiger partial charge in [-0.05, 0) is 30.7 Å². The second kappa shape index (κ2) is 7.02. The van der Waals surface area contributed by atoms with Crippen molar-refractivity contribution in [1.29, 1.82) is 0 Å². The van der Waals surface area contributed by atoms with Gasteiger partial charge < -0.3 is 5.32 Å². The minimum atomic E-state index is 0.878. The highest BCUT2D eigenvalue weighted by molar-refractivity contribution is 9.10. The summed E-state index contributed by atoms with van der Waals surface area (Å²) in [5.74, 6) is 0.